The van der Waals surface area contributed by atoms with Gasteiger partial charge in [-0.2, -0.15) is 0 Å². The molecule has 0 bridgehead atoms. The van der Waals surface area contributed by atoms with Gasteiger partial charge in [-0.3, -0.25) is 19.2 Å². The van der Waals surface area contributed by atoms with Crippen LogP contribution in [0.15, 0.2) is 30.3 Å². The van der Waals surface area contributed by atoms with Crippen molar-refractivity contribution in [2.24, 2.45) is 11.8 Å². The Morgan fingerprint density at radius 3 is 2.44 bits per heavy atom. The van der Waals surface area contributed by atoms with Crippen LogP contribution in [0.2, 0.25) is 0 Å². The maximum absolute atomic E-state index is 12.9. The fourth-order valence-electron chi connectivity index (χ4n) is 4.51. The molecule has 2 aliphatic rings. The lowest BCUT2D eigenvalue weighted by Crippen LogP contribution is -2.53. The second kappa shape index (κ2) is 13.9. The van der Waals surface area contributed by atoms with E-state index in [1.54, 1.807) is 35.2 Å². The summed E-state index contributed by atoms with van der Waals surface area (Å²) in [6.07, 6.45) is 3.43. The molecule has 2 atom stereocenters. The van der Waals surface area contributed by atoms with Crippen molar-refractivity contribution in [3.63, 3.8) is 0 Å². The number of piperidine rings is 2. The Morgan fingerprint density at radius 1 is 1.06 bits per heavy atom. The van der Waals surface area contributed by atoms with Crippen molar-refractivity contribution in [3.8, 4) is 0 Å². The minimum absolute atomic E-state index is 0. The number of carboxylic acids is 1. The van der Waals surface area contributed by atoms with Crippen LogP contribution in [0.3, 0.4) is 0 Å². The van der Waals surface area contributed by atoms with Crippen molar-refractivity contribution in [2.45, 2.75) is 51.1 Å². The SMILES string of the molecule is Cl.O=C(O)C[C@H](NC(=O)c1ccccc1)NC(=O)[C@@H]1CCCN(C(=O)CCC2CCNCC2)C1. The molecule has 3 amide bonds. The highest BCUT2D eigenvalue weighted by Crippen LogP contribution is 2.21. The van der Waals surface area contributed by atoms with E-state index in [4.69, 9.17) is 0 Å². The second-order valence-electron chi connectivity index (χ2n) is 8.91. The van der Waals surface area contributed by atoms with E-state index >= 15 is 0 Å². The lowest BCUT2D eigenvalue weighted by molar-refractivity contribution is -0.138. The largest absolute Gasteiger partial charge is 0.481 e. The van der Waals surface area contributed by atoms with Crippen LogP contribution < -0.4 is 16.0 Å². The van der Waals surface area contributed by atoms with Gasteiger partial charge in [0, 0.05) is 25.1 Å². The van der Waals surface area contributed by atoms with Crippen LogP contribution in [0.1, 0.15) is 55.3 Å². The van der Waals surface area contributed by atoms with Gasteiger partial charge >= 0.3 is 5.97 Å². The summed E-state index contributed by atoms with van der Waals surface area (Å²) < 4.78 is 0. The Hall–Kier alpha value is -2.65. The molecular formula is C24H35ClN4O5. The monoisotopic (exact) mass is 494 g/mol. The number of nitrogens with zero attached hydrogens (tertiary/aromatic N) is 1. The number of amides is 3. The van der Waals surface area contributed by atoms with Crippen LogP contribution in [0.5, 0.6) is 0 Å². The highest BCUT2D eigenvalue weighted by molar-refractivity contribution is 5.95. The van der Waals surface area contributed by atoms with Gasteiger partial charge in [0.2, 0.25) is 11.8 Å². The van der Waals surface area contributed by atoms with Gasteiger partial charge in [-0.05, 0) is 63.2 Å². The van der Waals surface area contributed by atoms with Crippen molar-refractivity contribution < 1.29 is 24.3 Å². The van der Waals surface area contributed by atoms with E-state index in [1.165, 1.54) is 0 Å². The lowest BCUT2D eigenvalue weighted by atomic mass is 9.92. The van der Waals surface area contributed by atoms with E-state index in [0.29, 0.717) is 37.4 Å². The molecule has 9 nitrogen and oxygen atoms in total. The third-order valence-electron chi connectivity index (χ3n) is 6.41. The van der Waals surface area contributed by atoms with Crippen LogP contribution in [-0.2, 0) is 14.4 Å². The Balaban J connectivity index is 0.00000408. The van der Waals surface area contributed by atoms with Gasteiger partial charge in [-0.1, -0.05) is 18.2 Å². The first-order valence-corrected chi connectivity index (χ1v) is 11.8. The van der Waals surface area contributed by atoms with Gasteiger partial charge in [0.05, 0.1) is 12.3 Å². The molecule has 3 rings (SSSR count). The average molecular weight is 495 g/mol. The third-order valence-corrected chi connectivity index (χ3v) is 6.41. The zero-order valence-electron chi connectivity index (χ0n) is 19.3. The molecule has 0 aromatic heterocycles. The Labute approximate surface area is 206 Å². The summed E-state index contributed by atoms with van der Waals surface area (Å²) in [7, 11) is 0. The molecule has 1 aromatic carbocycles. The number of carbonyl (C=O) groups is 4. The van der Waals surface area contributed by atoms with Gasteiger partial charge in [0.25, 0.3) is 5.91 Å². The smallest absolute Gasteiger partial charge is 0.307 e. The van der Waals surface area contributed by atoms with Crippen LogP contribution >= 0.6 is 12.4 Å². The number of nitrogens with one attached hydrogen (secondary N) is 3. The summed E-state index contributed by atoms with van der Waals surface area (Å²) in [5.74, 6) is -1.71. The molecular weight excluding hydrogens is 460 g/mol. The first-order valence-electron chi connectivity index (χ1n) is 11.8. The summed E-state index contributed by atoms with van der Waals surface area (Å²) in [5, 5.41) is 17.8. The van der Waals surface area contributed by atoms with E-state index in [2.05, 4.69) is 16.0 Å². The first-order chi connectivity index (χ1) is 15.9. The van der Waals surface area contributed by atoms with E-state index < -0.39 is 30.4 Å². The first kappa shape index (κ1) is 27.6. The van der Waals surface area contributed by atoms with E-state index in [9.17, 15) is 24.3 Å². The predicted molar refractivity (Wildman–Crippen MR) is 129 cm³/mol. The molecule has 34 heavy (non-hydrogen) atoms. The molecule has 188 valence electrons. The summed E-state index contributed by atoms with van der Waals surface area (Å²) >= 11 is 0. The second-order valence-corrected chi connectivity index (χ2v) is 8.91. The number of aliphatic carboxylic acids is 1. The van der Waals surface area contributed by atoms with Gasteiger partial charge in [-0.25, -0.2) is 0 Å². The molecule has 0 aliphatic carbocycles. The molecule has 0 unspecified atom stereocenters. The molecule has 2 heterocycles. The van der Waals surface area contributed by atoms with Gasteiger partial charge < -0.3 is 26.0 Å². The maximum atomic E-state index is 12.9. The van der Waals surface area contributed by atoms with E-state index in [0.717, 1.165) is 38.8 Å². The van der Waals surface area contributed by atoms with Crippen molar-refractivity contribution >= 4 is 36.1 Å². The number of hydrogen-bond donors (Lipinski definition) is 4. The fourth-order valence-corrected chi connectivity index (χ4v) is 4.51. The highest BCUT2D eigenvalue weighted by Gasteiger charge is 2.30. The molecule has 2 saturated heterocycles. The Kier molecular flexibility index (Phi) is 11.3. The zero-order chi connectivity index (χ0) is 23.6. The van der Waals surface area contributed by atoms with Crippen molar-refractivity contribution in [1.82, 2.24) is 20.9 Å². The number of carbonyl (C=O) groups excluding carboxylic acids is 3. The summed E-state index contributed by atoms with van der Waals surface area (Å²) in [4.78, 5) is 51.1. The third kappa shape index (κ3) is 8.61. The van der Waals surface area contributed by atoms with Crippen molar-refractivity contribution in [3.05, 3.63) is 35.9 Å². The minimum Gasteiger partial charge on any atom is -0.481 e. The van der Waals surface area contributed by atoms with Crippen LogP contribution in [0.25, 0.3) is 0 Å². The van der Waals surface area contributed by atoms with Crippen molar-refractivity contribution in [1.29, 1.82) is 0 Å². The lowest BCUT2D eigenvalue weighted by Gasteiger charge is -2.33. The predicted octanol–water partition coefficient (Wildman–Crippen LogP) is 1.77. The van der Waals surface area contributed by atoms with Crippen LogP contribution in [0.4, 0.5) is 0 Å². The minimum atomic E-state index is -1.13. The van der Waals surface area contributed by atoms with Crippen LogP contribution in [0, 0.1) is 11.8 Å². The molecule has 2 fully saturated rings. The van der Waals surface area contributed by atoms with Gasteiger partial charge in [0.15, 0.2) is 0 Å². The molecule has 4 N–H and O–H groups in total. The average Bonchev–Trinajstić information content (AvgIpc) is 2.83. The molecule has 10 heteroatoms. The number of halogens is 1. The number of carboxylic acid groups (broad SMARTS) is 1. The molecule has 0 saturated carbocycles. The van der Waals surface area contributed by atoms with Crippen LogP contribution in [-0.4, -0.2) is 66.0 Å². The topological polar surface area (TPSA) is 128 Å². The van der Waals surface area contributed by atoms with Crippen molar-refractivity contribution in [2.75, 3.05) is 26.2 Å². The van der Waals surface area contributed by atoms with Gasteiger partial charge in [-0.15, -0.1) is 12.4 Å². The Bertz CT molecular complexity index is 832. The summed E-state index contributed by atoms with van der Waals surface area (Å²) in [6.45, 7) is 2.97. The van der Waals surface area contributed by atoms with E-state index in [1.807, 2.05) is 0 Å². The quantitative estimate of drug-likeness (QED) is 0.387. The fraction of sp³-hybridized carbons (Fsp3) is 0.583. The molecule has 2 aliphatic heterocycles. The molecule has 0 radical (unpaired) electrons. The zero-order valence-corrected chi connectivity index (χ0v) is 20.1. The number of benzene rings is 1. The summed E-state index contributed by atoms with van der Waals surface area (Å²) in [6, 6.07) is 8.42. The summed E-state index contributed by atoms with van der Waals surface area (Å²) in [5.41, 5.74) is 0.380. The van der Waals surface area contributed by atoms with E-state index in [-0.39, 0.29) is 24.2 Å². The standard InChI is InChI=1S/C24H34N4O5.ClH/c29-21(9-8-17-10-12-25-13-11-17)28-14-4-7-19(16-28)24(33)27-20(15-22(30)31)26-23(32)18-5-2-1-3-6-18;/h1-3,5-6,17,19-20,25H,4,7-16H2,(H,26,32)(H,27,33)(H,30,31);1H/t19-,20-;/m1./s1. The molecule has 0 spiro atoms. The number of rotatable bonds is 9. The maximum Gasteiger partial charge on any atom is 0.307 e. The number of likely N-dealkylation sites (tertiary alicyclic amines) is 1. The normalized spacial score (nSPS) is 19.4. The molecule has 1 aromatic rings. The highest BCUT2D eigenvalue weighted by atomic mass is 35.5. The van der Waals surface area contributed by atoms with Gasteiger partial charge in [0.1, 0.15) is 6.17 Å². The Morgan fingerprint density at radius 2 is 1.76 bits per heavy atom. The number of hydrogen-bond acceptors (Lipinski definition) is 5.